The number of amides is 1. The van der Waals surface area contributed by atoms with Crippen molar-refractivity contribution in [2.45, 2.75) is 12.8 Å². The zero-order chi connectivity index (χ0) is 21.7. The molecule has 0 aromatic carbocycles. The van der Waals surface area contributed by atoms with Crippen LogP contribution >= 0.6 is 0 Å². The molecule has 3 aromatic heterocycles. The van der Waals surface area contributed by atoms with Crippen LogP contribution in [0.4, 0.5) is 23.8 Å². The van der Waals surface area contributed by atoms with Gasteiger partial charge < -0.3 is 14.0 Å². The number of nitrogens with zero attached hydrogens (tertiary/aromatic N) is 5. The standard InChI is InChI=1S/C16H11F3N6O5/c1-28-13(26)9-3-2-8(4-20-9)7-29-15(27)23-11-6-21-10(5-22-11)12-24-14(30-25-12)16(17,18)19/h2-6H,7H2,1H3,(H,22,23,27). The largest absolute Gasteiger partial charge is 0.471 e. The number of ether oxygens (including phenoxy) is 2. The Balaban J connectivity index is 1.54. The van der Waals surface area contributed by atoms with E-state index in [1.807, 2.05) is 0 Å². The van der Waals surface area contributed by atoms with Gasteiger partial charge in [-0.1, -0.05) is 11.2 Å². The van der Waals surface area contributed by atoms with Crippen molar-refractivity contribution in [1.82, 2.24) is 25.1 Å². The first-order chi connectivity index (χ1) is 14.3. The average Bonchev–Trinajstić information content (AvgIpc) is 3.23. The van der Waals surface area contributed by atoms with Crippen molar-refractivity contribution in [3.63, 3.8) is 0 Å². The first-order valence-corrected chi connectivity index (χ1v) is 7.96. The summed E-state index contributed by atoms with van der Waals surface area (Å²) in [6.45, 7) is -0.144. The number of hydrogen-bond acceptors (Lipinski definition) is 10. The fraction of sp³-hybridized carbons (Fsp3) is 0.188. The van der Waals surface area contributed by atoms with E-state index >= 15 is 0 Å². The molecule has 0 atom stereocenters. The van der Waals surface area contributed by atoms with E-state index in [-0.39, 0.29) is 23.8 Å². The summed E-state index contributed by atoms with van der Waals surface area (Å²) in [5.74, 6) is -2.55. The van der Waals surface area contributed by atoms with Crippen molar-refractivity contribution in [3.05, 3.63) is 47.9 Å². The molecule has 0 saturated heterocycles. The number of halogens is 3. The summed E-state index contributed by atoms with van der Waals surface area (Å²) < 4.78 is 51.0. The summed E-state index contributed by atoms with van der Waals surface area (Å²) in [5.41, 5.74) is 0.520. The molecule has 3 aromatic rings. The van der Waals surface area contributed by atoms with Crippen LogP contribution in [-0.4, -0.2) is 44.3 Å². The fourth-order valence-electron chi connectivity index (χ4n) is 1.98. The maximum Gasteiger partial charge on any atom is 0.471 e. The second kappa shape index (κ2) is 8.50. The minimum atomic E-state index is -4.78. The van der Waals surface area contributed by atoms with Gasteiger partial charge in [0.15, 0.2) is 5.82 Å². The highest BCUT2D eigenvalue weighted by Crippen LogP contribution is 2.28. The Morgan fingerprint density at radius 1 is 1.13 bits per heavy atom. The molecule has 1 amide bonds. The van der Waals surface area contributed by atoms with E-state index in [1.165, 1.54) is 25.4 Å². The van der Waals surface area contributed by atoms with Gasteiger partial charge in [0.25, 0.3) is 0 Å². The lowest BCUT2D eigenvalue weighted by Gasteiger charge is -2.06. The monoisotopic (exact) mass is 424 g/mol. The molecule has 1 N–H and O–H groups in total. The molecule has 0 aliphatic carbocycles. The van der Waals surface area contributed by atoms with Gasteiger partial charge in [0.05, 0.1) is 19.5 Å². The lowest BCUT2D eigenvalue weighted by atomic mass is 10.2. The van der Waals surface area contributed by atoms with Crippen LogP contribution < -0.4 is 5.32 Å². The third kappa shape index (κ3) is 5.03. The number of pyridine rings is 1. The number of anilines is 1. The first kappa shape index (κ1) is 20.6. The second-order valence-electron chi connectivity index (χ2n) is 5.45. The van der Waals surface area contributed by atoms with E-state index in [1.54, 1.807) is 0 Å². The number of carbonyl (C=O) groups is 2. The van der Waals surface area contributed by atoms with Crippen LogP contribution in [0, 0.1) is 0 Å². The zero-order valence-electron chi connectivity index (χ0n) is 15.0. The molecule has 0 spiro atoms. The van der Waals surface area contributed by atoms with Gasteiger partial charge in [-0.15, -0.1) is 0 Å². The Kier molecular flexibility index (Phi) is 5.85. The predicted molar refractivity (Wildman–Crippen MR) is 89.7 cm³/mol. The SMILES string of the molecule is COC(=O)c1ccc(COC(=O)Nc2cnc(-c3noc(C(F)(F)F)n3)cn2)cn1. The van der Waals surface area contributed by atoms with Crippen LogP contribution in [0.3, 0.4) is 0 Å². The van der Waals surface area contributed by atoms with Gasteiger partial charge in [-0.05, 0) is 6.07 Å². The van der Waals surface area contributed by atoms with Crippen molar-refractivity contribution in [2.75, 3.05) is 12.4 Å². The highest BCUT2D eigenvalue weighted by atomic mass is 19.4. The third-order valence-electron chi connectivity index (χ3n) is 3.37. The first-order valence-electron chi connectivity index (χ1n) is 7.96. The van der Waals surface area contributed by atoms with Crippen LogP contribution in [-0.2, 0) is 22.3 Å². The molecule has 0 saturated carbocycles. The molecular weight excluding hydrogens is 413 g/mol. The minimum absolute atomic E-state index is 0.0255. The van der Waals surface area contributed by atoms with Crippen LogP contribution in [0.25, 0.3) is 11.5 Å². The Morgan fingerprint density at radius 2 is 1.93 bits per heavy atom. The number of nitrogens with one attached hydrogen (secondary N) is 1. The Morgan fingerprint density at radius 3 is 2.50 bits per heavy atom. The summed E-state index contributed by atoms with van der Waals surface area (Å²) in [7, 11) is 1.22. The summed E-state index contributed by atoms with van der Waals surface area (Å²) in [6.07, 6.45) is -2.18. The number of alkyl halides is 3. The van der Waals surface area contributed by atoms with Crippen molar-refractivity contribution in [3.8, 4) is 11.5 Å². The van der Waals surface area contributed by atoms with E-state index in [9.17, 15) is 22.8 Å². The lowest BCUT2D eigenvalue weighted by molar-refractivity contribution is -0.159. The molecular formula is C16H11F3N6O5. The second-order valence-corrected chi connectivity index (χ2v) is 5.45. The number of carbonyl (C=O) groups excluding carboxylic acids is 2. The van der Waals surface area contributed by atoms with Gasteiger partial charge in [0.2, 0.25) is 5.82 Å². The summed E-state index contributed by atoms with van der Waals surface area (Å²) >= 11 is 0. The van der Waals surface area contributed by atoms with Gasteiger partial charge in [-0.25, -0.2) is 24.5 Å². The topological polar surface area (TPSA) is 142 Å². The van der Waals surface area contributed by atoms with Crippen molar-refractivity contribution < 1.29 is 36.8 Å². The Hall–Kier alpha value is -4.10. The Bertz CT molecular complexity index is 1040. The smallest absolute Gasteiger partial charge is 0.464 e. The number of aromatic nitrogens is 5. The van der Waals surface area contributed by atoms with E-state index < -0.39 is 30.0 Å². The molecule has 30 heavy (non-hydrogen) atoms. The number of hydrogen-bond donors (Lipinski definition) is 1. The van der Waals surface area contributed by atoms with E-state index in [0.717, 1.165) is 12.4 Å². The molecule has 0 unspecified atom stereocenters. The molecule has 0 radical (unpaired) electrons. The molecule has 14 heteroatoms. The van der Waals surface area contributed by atoms with E-state index in [2.05, 4.69) is 39.7 Å². The van der Waals surface area contributed by atoms with Gasteiger partial charge in [-0.2, -0.15) is 18.2 Å². The van der Waals surface area contributed by atoms with Crippen molar-refractivity contribution in [2.24, 2.45) is 0 Å². The highest BCUT2D eigenvalue weighted by Gasteiger charge is 2.38. The van der Waals surface area contributed by atoms with Gasteiger partial charge in [0, 0.05) is 11.8 Å². The van der Waals surface area contributed by atoms with E-state index in [4.69, 9.17) is 4.74 Å². The molecule has 0 aliphatic rings. The fourth-order valence-corrected chi connectivity index (χ4v) is 1.98. The molecule has 3 heterocycles. The van der Waals surface area contributed by atoms with Crippen molar-refractivity contribution >= 4 is 17.9 Å². The number of esters is 1. The summed E-state index contributed by atoms with van der Waals surface area (Å²) in [5, 5.41) is 5.46. The quantitative estimate of drug-likeness (QED) is 0.607. The van der Waals surface area contributed by atoms with Crippen LogP contribution in [0.5, 0.6) is 0 Å². The summed E-state index contributed by atoms with van der Waals surface area (Å²) in [4.78, 5) is 37.8. The molecule has 3 rings (SSSR count). The maximum absolute atomic E-state index is 12.5. The third-order valence-corrected chi connectivity index (χ3v) is 3.37. The molecule has 0 aliphatic heterocycles. The molecule has 0 fully saturated rings. The number of rotatable bonds is 5. The predicted octanol–water partition coefficient (Wildman–Crippen LogP) is 2.48. The lowest BCUT2D eigenvalue weighted by Crippen LogP contribution is -2.15. The van der Waals surface area contributed by atoms with Gasteiger partial charge >= 0.3 is 24.1 Å². The average molecular weight is 424 g/mol. The molecule has 11 nitrogen and oxygen atoms in total. The molecule has 156 valence electrons. The van der Waals surface area contributed by atoms with Crippen molar-refractivity contribution in [1.29, 1.82) is 0 Å². The van der Waals surface area contributed by atoms with E-state index in [0.29, 0.717) is 5.56 Å². The van der Waals surface area contributed by atoms with Crippen LogP contribution in [0.1, 0.15) is 21.9 Å². The van der Waals surface area contributed by atoms with Gasteiger partial charge in [-0.3, -0.25) is 5.32 Å². The Labute approximate surface area is 165 Å². The maximum atomic E-state index is 12.5. The van der Waals surface area contributed by atoms with Gasteiger partial charge in [0.1, 0.15) is 18.0 Å². The zero-order valence-corrected chi connectivity index (χ0v) is 15.0. The summed E-state index contributed by atoms with van der Waals surface area (Å²) in [6, 6.07) is 2.94. The van der Waals surface area contributed by atoms with Crippen LogP contribution in [0.15, 0.2) is 35.2 Å². The molecule has 0 bridgehead atoms. The number of methoxy groups -OCH3 is 1. The minimum Gasteiger partial charge on any atom is -0.464 e. The highest BCUT2D eigenvalue weighted by molar-refractivity contribution is 5.87. The van der Waals surface area contributed by atoms with Crippen LogP contribution in [0.2, 0.25) is 0 Å². The normalized spacial score (nSPS) is 11.1.